The minimum atomic E-state index is -0.156. The third-order valence-corrected chi connectivity index (χ3v) is 3.48. The van der Waals surface area contributed by atoms with Crippen LogP contribution in [0.1, 0.15) is 57.9 Å². The number of halogens is 1. The van der Waals surface area contributed by atoms with Crippen LogP contribution in [0.25, 0.3) is 0 Å². The molecule has 1 nitrogen and oxygen atoms in total. The van der Waals surface area contributed by atoms with Crippen molar-refractivity contribution in [2.45, 2.75) is 64.8 Å². The molecule has 0 aliphatic heterocycles. The third-order valence-electron chi connectivity index (χ3n) is 3.48. The van der Waals surface area contributed by atoms with E-state index < -0.39 is 0 Å². The van der Waals surface area contributed by atoms with Crippen LogP contribution < -0.4 is 5.32 Å². The van der Waals surface area contributed by atoms with Crippen LogP contribution >= 0.6 is 0 Å². The van der Waals surface area contributed by atoms with Crippen molar-refractivity contribution >= 4 is 0 Å². The Kier molecular flexibility index (Phi) is 8.48. The van der Waals surface area contributed by atoms with Crippen molar-refractivity contribution in [3.63, 3.8) is 0 Å². The zero-order chi connectivity index (χ0) is 13.9. The fraction of sp³-hybridized carbons (Fsp3) is 0.647. The molecular formula is C17H28FN. The number of nitrogens with one attached hydrogen (secondary N) is 1. The first-order chi connectivity index (χ1) is 9.22. The lowest BCUT2D eigenvalue weighted by atomic mass is 10.1. The molecule has 1 atom stereocenters. The minimum absolute atomic E-state index is 0.156. The van der Waals surface area contributed by atoms with E-state index in [0.717, 1.165) is 13.0 Å². The van der Waals surface area contributed by atoms with E-state index in [0.29, 0.717) is 6.04 Å². The van der Waals surface area contributed by atoms with Gasteiger partial charge in [0.05, 0.1) is 0 Å². The molecule has 0 radical (unpaired) electrons. The highest BCUT2D eigenvalue weighted by Gasteiger charge is 2.02. The third kappa shape index (κ3) is 7.99. The molecule has 0 aliphatic rings. The summed E-state index contributed by atoms with van der Waals surface area (Å²) in [4.78, 5) is 0. The Hall–Kier alpha value is -0.890. The molecule has 1 N–H and O–H groups in total. The largest absolute Gasteiger partial charge is 0.314 e. The van der Waals surface area contributed by atoms with Crippen LogP contribution in [0.4, 0.5) is 4.39 Å². The van der Waals surface area contributed by atoms with Gasteiger partial charge >= 0.3 is 0 Å². The summed E-state index contributed by atoms with van der Waals surface area (Å²) in [7, 11) is 0. The summed E-state index contributed by atoms with van der Waals surface area (Å²) in [5, 5.41) is 3.54. The molecule has 0 fully saturated rings. The maximum atomic E-state index is 12.8. The Morgan fingerprint density at radius 1 is 1.00 bits per heavy atom. The van der Waals surface area contributed by atoms with Crippen LogP contribution in [0.2, 0.25) is 0 Å². The summed E-state index contributed by atoms with van der Waals surface area (Å²) < 4.78 is 12.8. The molecule has 19 heavy (non-hydrogen) atoms. The number of hydrogen-bond acceptors (Lipinski definition) is 1. The summed E-state index contributed by atoms with van der Waals surface area (Å²) >= 11 is 0. The van der Waals surface area contributed by atoms with Gasteiger partial charge in [-0.3, -0.25) is 0 Å². The number of rotatable bonds is 10. The van der Waals surface area contributed by atoms with Gasteiger partial charge in [0.15, 0.2) is 0 Å². The molecule has 1 unspecified atom stereocenters. The predicted molar refractivity (Wildman–Crippen MR) is 80.9 cm³/mol. The van der Waals surface area contributed by atoms with Crippen molar-refractivity contribution in [3.05, 3.63) is 35.6 Å². The molecule has 0 saturated heterocycles. The zero-order valence-electron chi connectivity index (χ0n) is 12.4. The quantitative estimate of drug-likeness (QED) is 0.604. The van der Waals surface area contributed by atoms with E-state index in [1.54, 1.807) is 0 Å². The van der Waals surface area contributed by atoms with Crippen LogP contribution in [0.5, 0.6) is 0 Å². The van der Waals surface area contributed by atoms with Crippen LogP contribution in [-0.2, 0) is 6.42 Å². The standard InChI is InChI=1S/C17H28FN/c1-3-4-5-6-7-8-13-19-15(2)14-16-9-11-17(18)12-10-16/h9-12,15,19H,3-8,13-14H2,1-2H3. The molecule has 0 aromatic heterocycles. The predicted octanol–water partition coefficient (Wildman–Crippen LogP) is 4.71. The second kappa shape index (κ2) is 9.96. The molecule has 2 heteroatoms. The summed E-state index contributed by atoms with van der Waals surface area (Å²) in [6.07, 6.45) is 8.98. The van der Waals surface area contributed by atoms with E-state index in [2.05, 4.69) is 19.2 Å². The highest BCUT2D eigenvalue weighted by atomic mass is 19.1. The fourth-order valence-corrected chi connectivity index (χ4v) is 2.30. The summed E-state index contributed by atoms with van der Waals surface area (Å²) in [5.74, 6) is -0.156. The topological polar surface area (TPSA) is 12.0 Å². The van der Waals surface area contributed by atoms with E-state index in [1.807, 2.05) is 12.1 Å². The molecule has 0 aliphatic carbocycles. The van der Waals surface area contributed by atoms with Gasteiger partial charge < -0.3 is 5.32 Å². The van der Waals surface area contributed by atoms with Crippen LogP contribution in [-0.4, -0.2) is 12.6 Å². The highest BCUT2D eigenvalue weighted by molar-refractivity contribution is 5.16. The second-order valence-corrected chi connectivity index (χ2v) is 5.45. The van der Waals surface area contributed by atoms with Crippen molar-refractivity contribution in [1.29, 1.82) is 0 Å². The first-order valence-corrected chi connectivity index (χ1v) is 7.70. The maximum Gasteiger partial charge on any atom is 0.123 e. The normalized spacial score (nSPS) is 12.6. The van der Waals surface area contributed by atoms with E-state index in [-0.39, 0.29) is 5.82 Å². The van der Waals surface area contributed by atoms with Gasteiger partial charge in [0.25, 0.3) is 0 Å². The van der Waals surface area contributed by atoms with Crippen LogP contribution in [0.15, 0.2) is 24.3 Å². The van der Waals surface area contributed by atoms with Crippen molar-refractivity contribution in [1.82, 2.24) is 5.32 Å². The van der Waals surface area contributed by atoms with Gasteiger partial charge in [-0.05, 0) is 44.0 Å². The smallest absolute Gasteiger partial charge is 0.123 e. The van der Waals surface area contributed by atoms with Crippen molar-refractivity contribution in [2.75, 3.05) is 6.54 Å². The molecular weight excluding hydrogens is 237 g/mol. The van der Waals surface area contributed by atoms with Gasteiger partial charge in [-0.15, -0.1) is 0 Å². The van der Waals surface area contributed by atoms with Gasteiger partial charge in [-0.1, -0.05) is 51.2 Å². The Balaban J connectivity index is 2.04. The van der Waals surface area contributed by atoms with Gasteiger partial charge in [0, 0.05) is 6.04 Å². The minimum Gasteiger partial charge on any atom is -0.314 e. The fourth-order valence-electron chi connectivity index (χ4n) is 2.30. The average Bonchev–Trinajstić information content (AvgIpc) is 2.40. The summed E-state index contributed by atoms with van der Waals surface area (Å²) in [6.45, 7) is 5.54. The first-order valence-electron chi connectivity index (χ1n) is 7.70. The Morgan fingerprint density at radius 2 is 1.63 bits per heavy atom. The molecule has 108 valence electrons. The lowest BCUT2D eigenvalue weighted by Gasteiger charge is -2.13. The number of benzene rings is 1. The molecule has 0 bridgehead atoms. The van der Waals surface area contributed by atoms with Crippen molar-refractivity contribution in [3.8, 4) is 0 Å². The molecule has 0 amide bonds. The number of hydrogen-bond donors (Lipinski definition) is 1. The molecule has 1 aromatic rings. The molecule has 1 aromatic carbocycles. The lowest BCUT2D eigenvalue weighted by molar-refractivity contribution is 0.511. The molecule has 0 spiro atoms. The summed E-state index contributed by atoms with van der Waals surface area (Å²) in [6, 6.07) is 7.28. The SMILES string of the molecule is CCCCCCCCNC(C)Cc1ccc(F)cc1. The monoisotopic (exact) mass is 265 g/mol. The van der Waals surface area contributed by atoms with E-state index in [1.165, 1.54) is 56.2 Å². The van der Waals surface area contributed by atoms with Gasteiger partial charge in [0.2, 0.25) is 0 Å². The van der Waals surface area contributed by atoms with Crippen LogP contribution in [0.3, 0.4) is 0 Å². The zero-order valence-corrected chi connectivity index (χ0v) is 12.4. The molecule has 1 rings (SSSR count). The Bertz CT molecular complexity index is 321. The molecule has 0 saturated carbocycles. The van der Waals surface area contributed by atoms with Gasteiger partial charge in [-0.25, -0.2) is 4.39 Å². The van der Waals surface area contributed by atoms with Crippen molar-refractivity contribution in [2.24, 2.45) is 0 Å². The van der Waals surface area contributed by atoms with E-state index in [4.69, 9.17) is 0 Å². The first kappa shape index (κ1) is 16.2. The van der Waals surface area contributed by atoms with E-state index >= 15 is 0 Å². The Labute approximate surface area is 117 Å². The van der Waals surface area contributed by atoms with Gasteiger partial charge in [-0.2, -0.15) is 0 Å². The Morgan fingerprint density at radius 3 is 2.32 bits per heavy atom. The maximum absolute atomic E-state index is 12.8. The van der Waals surface area contributed by atoms with Crippen molar-refractivity contribution < 1.29 is 4.39 Å². The number of unbranched alkanes of at least 4 members (excludes halogenated alkanes) is 5. The van der Waals surface area contributed by atoms with E-state index in [9.17, 15) is 4.39 Å². The lowest BCUT2D eigenvalue weighted by Crippen LogP contribution is -2.28. The molecule has 0 heterocycles. The highest BCUT2D eigenvalue weighted by Crippen LogP contribution is 2.07. The summed E-state index contributed by atoms with van der Waals surface area (Å²) in [5.41, 5.74) is 1.20. The second-order valence-electron chi connectivity index (χ2n) is 5.45. The average molecular weight is 265 g/mol. The van der Waals surface area contributed by atoms with Crippen LogP contribution in [0, 0.1) is 5.82 Å². The van der Waals surface area contributed by atoms with Gasteiger partial charge in [0.1, 0.15) is 5.82 Å².